The van der Waals surface area contributed by atoms with Crippen LogP contribution in [-0.2, 0) is 0 Å². The predicted octanol–water partition coefficient (Wildman–Crippen LogP) is 4.90. The van der Waals surface area contributed by atoms with Crippen LogP contribution in [0.4, 0.5) is 11.5 Å². The molecule has 94 valence electrons. The number of rotatable bonds is 2. The summed E-state index contributed by atoms with van der Waals surface area (Å²) in [5.41, 5.74) is 1.95. The van der Waals surface area contributed by atoms with E-state index >= 15 is 0 Å². The second kappa shape index (κ2) is 5.27. The van der Waals surface area contributed by atoms with Crippen molar-refractivity contribution in [1.82, 2.24) is 9.97 Å². The topological polar surface area (TPSA) is 37.8 Å². The van der Waals surface area contributed by atoms with Gasteiger partial charge in [-0.05, 0) is 62.2 Å². The summed E-state index contributed by atoms with van der Waals surface area (Å²) < 4.78 is 1.84. The van der Waals surface area contributed by atoms with E-state index in [4.69, 9.17) is 0 Å². The maximum absolute atomic E-state index is 4.35. The van der Waals surface area contributed by atoms with E-state index in [1.807, 2.05) is 36.4 Å². The fraction of sp³-hybridized carbons (Fsp3) is 0. The van der Waals surface area contributed by atoms with Gasteiger partial charge in [0, 0.05) is 27.9 Å². The van der Waals surface area contributed by atoms with Gasteiger partial charge >= 0.3 is 0 Å². The van der Waals surface area contributed by atoms with Crippen LogP contribution in [0, 0.1) is 0 Å². The van der Waals surface area contributed by atoms with Crippen LogP contribution in [0.25, 0.3) is 10.9 Å². The fourth-order valence-electron chi connectivity index (χ4n) is 1.85. The first-order valence-corrected chi connectivity index (χ1v) is 7.24. The zero-order valence-electron chi connectivity index (χ0n) is 9.77. The number of anilines is 2. The number of hydrogen-bond acceptors (Lipinski definition) is 3. The lowest BCUT2D eigenvalue weighted by Gasteiger charge is -2.10. The molecule has 0 atom stereocenters. The van der Waals surface area contributed by atoms with E-state index in [1.54, 1.807) is 12.4 Å². The van der Waals surface area contributed by atoms with Gasteiger partial charge in [0.25, 0.3) is 0 Å². The molecule has 0 aliphatic carbocycles. The molecule has 0 amide bonds. The van der Waals surface area contributed by atoms with Crippen LogP contribution in [0.2, 0.25) is 0 Å². The summed E-state index contributed by atoms with van der Waals surface area (Å²) in [6.07, 6.45) is 3.55. The number of halogens is 2. The monoisotopic (exact) mass is 377 g/mol. The first kappa shape index (κ1) is 12.6. The van der Waals surface area contributed by atoms with Gasteiger partial charge in [0.05, 0.1) is 9.99 Å². The lowest BCUT2D eigenvalue weighted by Crippen LogP contribution is -1.95. The van der Waals surface area contributed by atoms with Crippen LogP contribution in [-0.4, -0.2) is 9.97 Å². The second-order valence-electron chi connectivity index (χ2n) is 3.98. The molecule has 0 fully saturated rings. The molecule has 0 aliphatic heterocycles. The largest absolute Gasteiger partial charge is 0.339 e. The van der Waals surface area contributed by atoms with E-state index in [-0.39, 0.29) is 0 Å². The zero-order valence-corrected chi connectivity index (χ0v) is 12.9. The summed E-state index contributed by atoms with van der Waals surface area (Å²) in [7, 11) is 0. The van der Waals surface area contributed by atoms with Crippen molar-refractivity contribution in [2.75, 3.05) is 5.32 Å². The van der Waals surface area contributed by atoms with Gasteiger partial charge in [0.15, 0.2) is 0 Å². The quantitative estimate of drug-likeness (QED) is 0.689. The van der Waals surface area contributed by atoms with E-state index in [0.717, 1.165) is 31.4 Å². The minimum absolute atomic E-state index is 0.777. The Balaban J connectivity index is 2.06. The van der Waals surface area contributed by atoms with Crippen molar-refractivity contribution in [1.29, 1.82) is 0 Å². The lowest BCUT2D eigenvalue weighted by molar-refractivity contribution is 1.28. The highest BCUT2D eigenvalue weighted by Gasteiger charge is 2.05. The number of aromatic nitrogens is 2. The van der Waals surface area contributed by atoms with Gasteiger partial charge in [-0.25, -0.2) is 4.98 Å². The van der Waals surface area contributed by atoms with Crippen LogP contribution >= 0.6 is 31.9 Å². The van der Waals surface area contributed by atoms with Gasteiger partial charge in [-0.3, -0.25) is 4.98 Å². The van der Waals surface area contributed by atoms with Crippen molar-refractivity contribution >= 4 is 54.3 Å². The summed E-state index contributed by atoms with van der Waals surface area (Å²) in [4.78, 5) is 8.70. The molecule has 3 aromatic rings. The molecule has 0 spiro atoms. The van der Waals surface area contributed by atoms with Gasteiger partial charge in [0.2, 0.25) is 0 Å². The molecule has 2 heterocycles. The van der Waals surface area contributed by atoms with Gasteiger partial charge in [-0.15, -0.1) is 0 Å². The van der Waals surface area contributed by atoms with E-state index in [0.29, 0.717) is 0 Å². The predicted molar refractivity (Wildman–Crippen MR) is 84.7 cm³/mol. The average molecular weight is 379 g/mol. The highest BCUT2D eigenvalue weighted by Crippen LogP contribution is 2.29. The number of nitrogens with zero attached hydrogens (tertiary/aromatic N) is 2. The smallest absolute Gasteiger partial charge is 0.144 e. The average Bonchev–Trinajstić information content (AvgIpc) is 2.42. The van der Waals surface area contributed by atoms with Gasteiger partial charge in [0.1, 0.15) is 5.82 Å². The molecule has 0 saturated carbocycles. The molecule has 19 heavy (non-hydrogen) atoms. The third-order valence-corrected chi connectivity index (χ3v) is 3.74. The fourth-order valence-corrected chi connectivity index (χ4v) is 2.93. The lowest BCUT2D eigenvalue weighted by atomic mass is 10.2. The molecular weight excluding hydrogens is 370 g/mol. The molecule has 3 rings (SSSR count). The molecule has 0 radical (unpaired) electrons. The molecule has 1 aromatic carbocycles. The second-order valence-corrected chi connectivity index (χ2v) is 5.75. The number of nitrogens with one attached hydrogen (secondary N) is 1. The molecular formula is C14H9Br2N3. The Bertz CT molecular complexity index is 738. The minimum Gasteiger partial charge on any atom is -0.339 e. The summed E-state index contributed by atoms with van der Waals surface area (Å²) in [5.74, 6) is 0.777. The van der Waals surface area contributed by atoms with Gasteiger partial charge in [-0.1, -0.05) is 6.07 Å². The van der Waals surface area contributed by atoms with Crippen LogP contribution in [0.5, 0.6) is 0 Å². The van der Waals surface area contributed by atoms with Crippen LogP contribution < -0.4 is 5.32 Å². The van der Waals surface area contributed by atoms with Crippen molar-refractivity contribution in [2.24, 2.45) is 0 Å². The number of benzene rings is 1. The standard InChI is InChI=1S/C14H9Br2N3/c15-9-7-11(16)14(18-8-9)19-13-5-1-4-12-10(13)3-2-6-17-12/h1-8H,(H,18,19). The Morgan fingerprint density at radius 2 is 1.89 bits per heavy atom. The highest BCUT2D eigenvalue weighted by atomic mass is 79.9. The van der Waals surface area contributed by atoms with Crippen molar-refractivity contribution < 1.29 is 0 Å². The molecule has 1 N–H and O–H groups in total. The minimum atomic E-state index is 0.777. The normalized spacial score (nSPS) is 10.6. The Labute approximate surface area is 127 Å². The number of hydrogen-bond donors (Lipinski definition) is 1. The molecule has 0 bridgehead atoms. The molecule has 2 aromatic heterocycles. The summed E-state index contributed by atoms with van der Waals surface area (Å²) >= 11 is 6.89. The molecule has 0 unspecified atom stereocenters. The summed E-state index contributed by atoms with van der Waals surface area (Å²) in [6.45, 7) is 0. The summed E-state index contributed by atoms with van der Waals surface area (Å²) in [5, 5.41) is 4.39. The van der Waals surface area contributed by atoms with Crippen molar-refractivity contribution in [3.8, 4) is 0 Å². The van der Waals surface area contributed by atoms with E-state index in [2.05, 4.69) is 47.1 Å². The first-order valence-electron chi connectivity index (χ1n) is 5.66. The molecule has 0 aliphatic rings. The molecule has 5 heteroatoms. The van der Waals surface area contributed by atoms with Crippen LogP contribution in [0.15, 0.2) is 57.7 Å². The van der Waals surface area contributed by atoms with Crippen molar-refractivity contribution in [2.45, 2.75) is 0 Å². The summed E-state index contributed by atoms with van der Waals surface area (Å²) in [6, 6.07) is 11.9. The SMILES string of the molecule is Brc1cnc(Nc2cccc3ncccc23)c(Br)c1. The van der Waals surface area contributed by atoms with E-state index in [9.17, 15) is 0 Å². The zero-order chi connectivity index (χ0) is 13.2. The van der Waals surface area contributed by atoms with Gasteiger partial charge in [-0.2, -0.15) is 0 Å². The van der Waals surface area contributed by atoms with Crippen molar-refractivity contribution in [3.63, 3.8) is 0 Å². The van der Waals surface area contributed by atoms with Crippen LogP contribution in [0.1, 0.15) is 0 Å². The Hall–Kier alpha value is -1.46. The number of pyridine rings is 2. The Morgan fingerprint density at radius 3 is 2.74 bits per heavy atom. The Morgan fingerprint density at radius 1 is 1.00 bits per heavy atom. The maximum atomic E-state index is 4.35. The first-order chi connectivity index (χ1) is 9.24. The Kier molecular flexibility index (Phi) is 3.48. The third kappa shape index (κ3) is 2.62. The highest BCUT2D eigenvalue weighted by molar-refractivity contribution is 9.11. The molecule has 0 saturated heterocycles. The van der Waals surface area contributed by atoms with Crippen molar-refractivity contribution in [3.05, 3.63) is 57.7 Å². The third-order valence-electron chi connectivity index (χ3n) is 2.71. The van der Waals surface area contributed by atoms with E-state index < -0.39 is 0 Å². The van der Waals surface area contributed by atoms with E-state index in [1.165, 1.54) is 0 Å². The maximum Gasteiger partial charge on any atom is 0.144 e. The van der Waals surface area contributed by atoms with Gasteiger partial charge < -0.3 is 5.32 Å². The number of fused-ring (bicyclic) bond motifs is 1. The van der Waals surface area contributed by atoms with Crippen LogP contribution in [0.3, 0.4) is 0 Å². The molecule has 3 nitrogen and oxygen atoms in total.